The summed E-state index contributed by atoms with van der Waals surface area (Å²) in [7, 11) is 0. The van der Waals surface area contributed by atoms with Crippen LogP contribution in [0.5, 0.6) is 0 Å². The molecule has 0 saturated heterocycles. The largest absolute Gasteiger partial charge is 0.354 e. The normalized spacial score (nSPS) is 13.4. The predicted molar refractivity (Wildman–Crippen MR) is 134 cm³/mol. The molecule has 0 aromatic rings. The van der Waals surface area contributed by atoms with E-state index in [1.807, 2.05) is 55.4 Å². The summed E-state index contributed by atoms with van der Waals surface area (Å²) in [6.07, 6.45) is 1.60. The van der Waals surface area contributed by atoms with Gasteiger partial charge in [0, 0.05) is 25.6 Å². The van der Waals surface area contributed by atoms with Crippen molar-refractivity contribution < 1.29 is 28.9 Å². The Kier molecular flexibility index (Phi) is 16.6. The first-order valence-corrected chi connectivity index (χ1v) is 12.4. The molecule has 0 spiro atoms. The quantitative estimate of drug-likeness (QED) is 0.180. The van der Waals surface area contributed by atoms with Crippen molar-refractivity contribution >= 4 is 23.6 Å². The minimum Gasteiger partial charge on any atom is -0.354 e. The molecule has 4 N–H and O–H groups in total. The molecule has 4 amide bonds. The standard InChI is InChI=1S/C25H46N4O6/c1-16(2)12-20(24(32)26-14-18(5)6)34-28-22(30)10-9-11-23(31)29-35-21(13-17(3)4)25(33)27-15-19(7)8/h9-10,16-21H,11-15H2,1-8H3,(H,26,32)(H,27,33)(H,28,30)(H,29,31)/b10-9+/t20-,21-/m1/s1. The second kappa shape index (κ2) is 17.9. The summed E-state index contributed by atoms with van der Waals surface area (Å²) in [5.41, 5.74) is 4.51. The predicted octanol–water partition coefficient (Wildman–Crippen LogP) is 2.40. The molecular weight excluding hydrogens is 452 g/mol. The first-order chi connectivity index (χ1) is 16.3. The Balaban J connectivity index is 4.61. The molecule has 0 saturated carbocycles. The minimum atomic E-state index is -0.817. The molecule has 0 aromatic heterocycles. The van der Waals surface area contributed by atoms with Gasteiger partial charge in [-0.25, -0.2) is 11.0 Å². The third kappa shape index (κ3) is 17.6. The summed E-state index contributed by atoms with van der Waals surface area (Å²) >= 11 is 0. The van der Waals surface area contributed by atoms with E-state index in [9.17, 15) is 19.2 Å². The van der Waals surface area contributed by atoms with E-state index in [1.165, 1.54) is 6.08 Å². The number of hydrogen-bond donors (Lipinski definition) is 4. The second-order valence-corrected chi connectivity index (χ2v) is 10.3. The van der Waals surface area contributed by atoms with Crippen LogP contribution in [0, 0.1) is 23.7 Å². The topological polar surface area (TPSA) is 135 Å². The third-order valence-corrected chi connectivity index (χ3v) is 4.51. The monoisotopic (exact) mass is 498 g/mol. The minimum absolute atomic E-state index is 0.139. The van der Waals surface area contributed by atoms with E-state index in [4.69, 9.17) is 9.68 Å². The van der Waals surface area contributed by atoms with Gasteiger partial charge in [-0.2, -0.15) is 0 Å². The summed E-state index contributed by atoms with van der Waals surface area (Å²) in [6.45, 7) is 16.8. The molecule has 0 fully saturated rings. The lowest BCUT2D eigenvalue weighted by atomic mass is 10.1. The van der Waals surface area contributed by atoms with Gasteiger partial charge in [0.25, 0.3) is 17.7 Å². The Labute approximate surface area is 210 Å². The van der Waals surface area contributed by atoms with E-state index in [-0.39, 0.29) is 30.1 Å². The van der Waals surface area contributed by atoms with Crippen LogP contribution in [0.2, 0.25) is 0 Å². The summed E-state index contributed by atoms with van der Waals surface area (Å²) in [5.74, 6) is -0.717. The van der Waals surface area contributed by atoms with E-state index in [0.717, 1.165) is 6.08 Å². The summed E-state index contributed by atoms with van der Waals surface area (Å²) in [5, 5.41) is 5.60. The van der Waals surface area contributed by atoms with Crippen LogP contribution >= 0.6 is 0 Å². The Morgan fingerprint density at radius 2 is 1.09 bits per heavy atom. The Morgan fingerprint density at radius 3 is 1.49 bits per heavy atom. The molecule has 0 rings (SSSR count). The SMILES string of the molecule is CC(C)CNC(=O)[C@@H](CC(C)C)ONC(=O)/C=C/CC(=O)NO[C@H](CC(C)C)C(=O)NCC(C)C. The van der Waals surface area contributed by atoms with Crippen molar-refractivity contribution in [3.63, 3.8) is 0 Å². The highest BCUT2D eigenvalue weighted by Crippen LogP contribution is 2.09. The molecule has 0 bridgehead atoms. The van der Waals surface area contributed by atoms with Gasteiger partial charge in [-0.3, -0.25) is 28.9 Å². The molecule has 2 atom stereocenters. The van der Waals surface area contributed by atoms with Gasteiger partial charge in [0.1, 0.15) is 0 Å². The highest BCUT2D eigenvalue weighted by Gasteiger charge is 2.23. The van der Waals surface area contributed by atoms with Crippen LogP contribution in [0.15, 0.2) is 12.2 Å². The van der Waals surface area contributed by atoms with Crippen molar-refractivity contribution in [1.82, 2.24) is 21.6 Å². The average Bonchev–Trinajstić information content (AvgIpc) is 2.75. The van der Waals surface area contributed by atoms with Gasteiger partial charge in [-0.1, -0.05) is 61.5 Å². The highest BCUT2D eigenvalue weighted by atomic mass is 16.7. The number of nitrogens with one attached hydrogen (secondary N) is 4. The Morgan fingerprint density at radius 1 is 0.657 bits per heavy atom. The number of hydroxylamine groups is 2. The molecule has 0 aromatic carbocycles. The molecule has 0 aliphatic heterocycles. The van der Waals surface area contributed by atoms with E-state index in [0.29, 0.717) is 37.8 Å². The van der Waals surface area contributed by atoms with Crippen molar-refractivity contribution in [2.45, 2.75) is 86.9 Å². The van der Waals surface area contributed by atoms with Crippen molar-refractivity contribution in [3.8, 4) is 0 Å². The van der Waals surface area contributed by atoms with Gasteiger partial charge in [0.05, 0.1) is 0 Å². The van der Waals surface area contributed by atoms with Gasteiger partial charge >= 0.3 is 0 Å². The average molecular weight is 499 g/mol. The maximum absolute atomic E-state index is 12.3. The number of hydrogen-bond acceptors (Lipinski definition) is 6. The van der Waals surface area contributed by atoms with Crippen LogP contribution in [0.25, 0.3) is 0 Å². The number of carbonyl (C=O) groups is 4. The molecule has 0 heterocycles. The van der Waals surface area contributed by atoms with Gasteiger partial charge in [0.15, 0.2) is 12.2 Å². The van der Waals surface area contributed by atoms with Crippen LogP contribution in [0.3, 0.4) is 0 Å². The van der Waals surface area contributed by atoms with Gasteiger partial charge in [-0.15, -0.1) is 0 Å². The van der Waals surface area contributed by atoms with Crippen LogP contribution in [-0.2, 0) is 28.9 Å². The van der Waals surface area contributed by atoms with Crippen molar-refractivity contribution in [2.75, 3.05) is 13.1 Å². The maximum Gasteiger partial charge on any atom is 0.267 e. The molecule has 10 nitrogen and oxygen atoms in total. The van der Waals surface area contributed by atoms with Gasteiger partial charge in [0.2, 0.25) is 5.91 Å². The molecule has 0 radical (unpaired) electrons. The first-order valence-electron chi connectivity index (χ1n) is 12.4. The molecular formula is C25H46N4O6. The van der Waals surface area contributed by atoms with E-state index in [1.54, 1.807) is 0 Å². The zero-order valence-electron chi connectivity index (χ0n) is 22.6. The van der Waals surface area contributed by atoms with E-state index >= 15 is 0 Å². The van der Waals surface area contributed by atoms with Crippen molar-refractivity contribution in [1.29, 1.82) is 0 Å². The number of carbonyl (C=O) groups excluding carboxylic acids is 4. The van der Waals surface area contributed by atoms with Crippen molar-refractivity contribution in [2.24, 2.45) is 23.7 Å². The lowest BCUT2D eigenvalue weighted by Crippen LogP contribution is -2.42. The highest BCUT2D eigenvalue weighted by molar-refractivity contribution is 5.88. The van der Waals surface area contributed by atoms with Crippen LogP contribution in [-0.4, -0.2) is 48.9 Å². The fourth-order valence-corrected chi connectivity index (χ4v) is 2.73. The molecule has 0 aliphatic carbocycles. The fourth-order valence-electron chi connectivity index (χ4n) is 2.73. The molecule has 202 valence electrons. The van der Waals surface area contributed by atoms with E-state index < -0.39 is 24.0 Å². The first kappa shape index (κ1) is 32.5. The summed E-state index contributed by atoms with van der Waals surface area (Å²) in [4.78, 5) is 59.4. The Hall–Kier alpha value is -2.46. The van der Waals surface area contributed by atoms with Crippen LogP contribution in [0.4, 0.5) is 0 Å². The third-order valence-electron chi connectivity index (χ3n) is 4.51. The summed E-state index contributed by atoms with van der Waals surface area (Å²) < 4.78 is 0. The second-order valence-electron chi connectivity index (χ2n) is 10.3. The lowest BCUT2D eigenvalue weighted by molar-refractivity contribution is -0.149. The van der Waals surface area contributed by atoms with E-state index in [2.05, 4.69) is 21.6 Å². The molecule has 0 aliphatic rings. The smallest absolute Gasteiger partial charge is 0.267 e. The molecule has 35 heavy (non-hydrogen) atoms. The van der Waals surface area contributed by atoms with Crippen molar-refractivity contribution in [3.05, 3.63) is 12.2 Å². The van der Waals surface area contributed by atoms with Gasteiger partial charge < -0.3 is 10.6 Å². The zero-order chi connectivity index (χ0) is 27.0. The molecule has 0 unspecified atom stereocenters. The number of amides is 4. The van der Waals surface area contributed by atoms with Crippen LogP contribution in [0.1, 0.15) is 74.7 Å². The molecule has 10 heteroatoms. The maximum atomic E-state index is 12.3. The Bertz CT molecular complexity index is 691. The van der Waals surface area contributed by atoms with Gasteiger partial charge in [-0.05, 0) is 36.5 Å². The zero-order valence-corrected chi connectivity index (χ0v) is 22.6. The summed E-state index contributed by atoms with van der Waals surface area (Å²) in [6, 6.07) is 0. The lowest BCUT2D eigenvalue weighted by Gasteiger charge is -2.19. The number of rotatable bonds is 17. The fraction of sp³-hybridized carbons (Fsp3) is 0.760. The van der Waals surface area contributed by atoms with Crippen LogP contribution < -0.4 is 21.6 Å².